The summed E-state index contributed by atoms with van der Waals surface area (Å²) in [6, 6.07) is 0. The number of ether oxygens (including phenoxy) is 7. The van der Waals surface area contributed by atoms with Crippen LogP contribution in [0.3, 0.4) is 0 Å². The second kappa shape index (κ2) is 17.0. The minimum atomic E-state index is -2.18. The van der Waals surface area contributed by atoms with Crippen LogP contribution < -0.4 is 0 Å². The van der Waals surface area contributed by atoms with Crippen LogP contribution in [0, 0.1) is 0 Å². The lowest BCUT2D eigenvalue weighted by molar-refractivity contribution is -0.220. The molecule has 0 aromatic heterocycles. The zero-order valence-corrected chi connectivity index (χ0v) is 22.8. The van der Waals surface area contributed by atoms with Crippen molar-refractivity contribution < 1.29 is 76.3 Å². The first-order chi connectivity index (χ1) is 18.5. The summed E-state index contributed by atoms with van der Waals surface area (Å²) in [6.07, 6.45) is -11.9. The van der Waals surface area contributed by atoms with Gasteiger partial charge in [0.15, 0.2) is 30.5 Å². The topological polar surface area (TPSA) is 238 Å². The molecule has 40 heavy (non-hydrogen) atoms. The Kier molecular flexibility index (Phi) is 15.0. The smallest absolute Gasteiger partial charge is 0.327 e. The molecule has 0 N–H and O–H groups in total. The van der Waals surface area contributed by atoms with Crippen molar-refractivity contribution in [3.63, 3.8) is 0 Å². The van der Waals surface area contributed by atoms with E-state index in [9.17, 15) is 38.4 Å². The van der Waals surface area contributed by atoms with E-state index in [0.29, 0.717) is 0 Å². The fourth-order valence-electron chi connectivity index (χ4n) is 3.27. The Morgan fingerprint density at radius 3 is 1.30 bits per heavy atom. The molecule has 0 aromatic rings. The molecule has 0 fully saturated rings. The molecule has 0 aromatic carbocycles. The van der Waals surface area contributed by atoms with Gasteiger partial charge in [-0.2, -0.15) is 4.79 Å². The molecule has 0 heterocycles. The number of nitrogens with zero attached hydrogens (tertiary/aromatic N) is 2. The van der Waals surface area contributed by atoms with E-state index < -0.39 is 90.8 Å². The Morgan fingerprint density at radius 2 is 0.925 bits per heavy atom. The molecule has 6 unspecified atom stereocenters. The van der Waals surface area contributed by atoms with Crippen LogP contribution in [0.15, 0.2) is 0 Å². The molecule has 0 rings (SSSR count). The SMILES string of the molecule is CC(=O)OCC(OC(C)=O)C(OC(C)=O)C(OC(C)=O)C(OC(C)=O)C(OC(C)=O)C(OC(C)=O)C(=O)C=[N+]=[N-]. The second-order valence-corrected chi connectivity index (χ2v) is 7.92. The lowest BCUT2D eigenvalue weighted by Gasteiger charge is -2.38. The van der Waals surface area contributed by atoms with Crippen LogP contribution in [-0.2, 0) is 71.5 Å². The summed E-state index contributed by atoms with van der Waals surface area (Å²) in [5.74, 6) is -8.68. The van der Waals surface area contributed by atoms with E-state index in [-0.39, 0.29) is 6.21 Å². The van der Waals surface area contributed by atoms with Crippen molar-refractivity contribution in [3.8, 4) is 0 Å². The van der Waals surface area contributed by atoms with Crippen LogP contribution in [0.5, 0.6) is 0 Å². The summed E-state index contributed by atoms with van der Waals surface area (Å²) in [6.45, 7) is 5.55. The molecule has 0 bridgehead atoms. The maximum absolute atomic E-state index is 12.7. The molecule has 0 spiro atoms. The van der Waals surface area contributed by atoms with Crippen LogP contribution in [0.2, 0.25) is 0 Å². The molecule has 222 valence electrons. The quantitative estimate of drug-likeness (QED) is 0.0750. The maximum atomic E-state index is 12.7. The Balaban J connectivity index is 7.42. The van der Waals surface area contributed by atoms with Crippen molar-refractivity contribution in [2.45, 2.75) is 85.1 Å². The number of ketones is 1. The van der Waals surface area contributed by atoms with Crippen LogP contribution in [0.25, 0.3) is 5.53 Å². The predicted octanol–water partition coefficient (Wildman–Crippen LogP) is -0.991. The van der Waals surface area contributed by atoms with E-state index in [1.165, 1.54) is 0 Å². The largest absolute Gasteiger partial charge is 0.462 e. The third kappa shape index (κ3) is 13.2. The van der Waals surface area contributed by atoms with Crippen molar-refractivity contribution in [2.24, 2.45) is 0 Å². The molecule has 0 saturated heterocycles. The third-order valence-electron chi connectivity index (χ3n) is 4.37. The lowest BCUT2D eigenvalue weighted by atomic mass is 9.93. The summed E-state index contributed by atoms with van der Waals surface area (Å²) in [5.41, 5.74) is 8.84. The van der Waals surface area contributed by atoms with Crippen molar-refractivity contribution in [1.82, 2.24) is 0 Å². The van der Waals surface area contributed by atoms with Gasteiger partial charge >= 0.3 is 48.0 Å². The second-order valence-electron chi connectivity index (χ2n) is 7.92. The van der Waals surface area contributed by atoms with E-state index in [1.54, 1.807) is 0 Å². The van der Waals surface area contributed by atoms with Crippen LogP contribution in [0.1, 0.15) is 48.5 Å². The van der Waals surface area contributed by atoms with Crippen molar-refractivity contribution >= 4 is 53.8 Å². The van der Waals surface area contributed by atoms with Gasteiger partial charge in [-0.1, -0.05) is 0 Å². The summed E-state index contributed by atoms with van der Waals surface area (Å²) >= 11 is 0. The van der Waals surface area contributed by atoms with Gasteiger partial charge in [-0.05, 0) is 0 Å². The molecule has 0 amide bonds. The van der Waals surface area contributed by atoms with Gasteiger partial charge in [0.1, 0.15) is 6.61 Å². The normalized spacial score (nSPS) is 14.7. The Morgan fingerprint density at radius 1 is 0.550 bits per heavy atom. The Bertz CT molecular complexity index is 1050. The summed E-state index contributed by atoms with van der Waals surface area (Å²) in [5, 5.41) is 0. The number of Topliss-reactive ketones (excluding diaryl/α,β-unsaturated/α-hetero) is 1. The highest BCUT2D eigenvalue weighted by molar-refractivity contribution is 6.27. The van der Waals surface area contributed by atoms with E-state index in [0.717, 1.165) is 48.5 Å². The molecular weight excluding hydrogens is 544 g/mol. The van der Waals surface area contributed by atoms with E-state index in [2.05, 4.69) is 4.79 Å². The predicted molar refractivity (Wildman–Crippen MR) is 125 cm³/mol. The lowest BCUT2D eigenvalue weighted by Crippen LogP contribution is -2.60. The molecular formula is C23H30N2O15. The van der Waals surface area contributed by atoms with Crippen LogP contribution >= 0.6 is 0 Å². The number of hydrogen-bond acceptors (Lipinski definition) is 15. The van der Waals surface area contributed by atoms with Gasteiger partial charge in [-0.15, -0.1) is 0 Å². The van der Waals surface area contributed by atoms with Gasteiger partial charge in [0.25, 0.3) is 5.78 Å². The number of rotatable bonds is 15. The Labute approximate surface area is 227 Å². The molecule has 0 radical (unpaired) electrons. The molecule has 0 aliphatic carbocycles. The highest BCUT2D eigenvalue weighted by Gasteiger charge is 2.52. The first-order valence-corrected chi connectivity index (χ1v) is 11.4. The number of carbonyl (C=O) groups is 8. The molecule has 17 heteroatoms. The zero-order valence-electron chi connectivity index (χ0n) is 22.8. The molecule has 0 saturated carbocycles. The van der Waals surface area contributed by atoms with Crippen molar-refractivity contribution in [2.75, 3.05) is 6.61 Å². The average molecular weight is 574 g/mol. The summed E-state index contributed by atoms with van der Waals surface area (Å²) in [4.78, 5) is 98.8. The van der Waals surface area contributed by atoms with E-state index in [4.69, 9.17) is 38.7 Å². The summed E-state index contributed by atoms with van der Waals surface area (Å²) in [7, 11) is 0. The number of hydrogen-bond donors (Lipinski definition) is 0. The standard InChI is InChI=1S/C23H30N2O15/c1-10(26)34-9-18(35-11(2)27)20(37-13(4)29)22(39-15(6)31)23(40-16(7)32)21(38-14(5)30)19(36-12(3)28)17(33)8-25-24/h8,18-23H,9H2,1-7H3. The summed E-state index contributed by atoms with van der Waals surface area (Å²) < 4.78 is 35.8. The third-order valence-corrected chi connectivity index (χ3v) is 4.37. The number of carbonyl (C=O) groups excluding carboxylic acids is 8. The molecule has 6 atom stereocenters. The highest BCUT2D eigenvalue weighted by Crippen LogP contribution is 2.26. The van der Waals surface area contributed by atoms with Gasteiger partial charge in [-0.3, -0.25) is 38.4 Å². The Hall–Kier alpha value is -4.66. The van der Waals surface area contributed by atoms with Gasteiger partial charge in [-0.25, -0.2) is 0 Å². The minimum Gasteiger partial charge on any atom is -0.462 e. The first kappa shape index (κ1) is 35.3. The monoisotopic (exact) mass is 574 g/mol. The maximum Gasteiger partial charge on any atom is 0.327 e. The van der Waals surface area contributed by atoms with Crippen molar-refractivity contribution in [1.29, 1.82) is 0 Å². The molecule has 0 aliphatic heterocycles. The van der Waals surface area contributed by atoms with Crippen molar-refractivity contribution in [3.05, 3.63) is 5.53 Å². The van der Waals surface area contributed by atoms with E-state index >= 15 is 0 Å². The van der Waals surface area contributed by atoms with Gasteiger partial charge < -0.3 is 38.7 Å². The highest BCUT2D eigenvalue weighted by atomic mass is 16.7. The number of esters is 7. The zero-order chi connectivity index (χ0) is 31.2. The fraction of sp³-hybridized carbons (Fsp3) is 0.609. The average Bonchev–Trinajstić information content (AvgIpc) is 2.79. The molecule has 17 nitrogen and oxygen atoms in total. The van der Waals surface area contributed by atoms with E-state index in [1.807, 2.05) is 0 Å². The van der Waals surface area contributed by atoms with Crippen LogP contribution in [-0.4, -0.2) is 102 Å². The van der Waals surface area contributed by atoms with Gasteiger partial charge in [0, 0.05) is 48.5 Å². The molecule has 0 aliphatic rings. The van der Waals surface area contributed by atoms with Gasteiger partial charge in [0.2, 0.25) is 6.10 Å². The van der Waals surface area contributed by atoms with Gasteiger partial charge in [0.05, 0.1) is 0 Å². The minimum absolute atomic E-state index is 0.279. The fourth-order valence-corrected chi connectivity index (χ4v) is 3.27. The first-order valence-electron chi connectivity index (χ1n) is 11.4. The van der Waals surface area contributed by atoms with Crippen LogP contribution in [0.4, 0.5) is 0 Å².